The van der Waals surface area contributed by atoms with Gasteiger partial charge in [0.05, 0.1) is 24.4 Å². The summed E-state index contributed by atoms with van der Waals surface area (Å²) in [4.78, 5) is 20.9. The van der Waals surface area contributed by atoms with Crippen molar-refractivity contribution in [2.45, 2.75) is 45.3 Å². The lowest BCUT2D eigenvalue weighted by atomic mass is 9.75. The first-order chi connectivity index (χ1) is 13.0. The molecule has 7 nitrogen and oxygen atoms in total. The quantitative estimate of drug-likeness (QED) is 0.541. The largest absolute Gasteiger partial charge is 0.475 e. The van der Waals surface area contributed by atoms with E-state index < -0.39 is 19.2 Å². The molecule has 144 valence electrons. The molecule has 2 rings (SSSR count). The maximum atomic E-state index is 12.8. The van der Waals surface area contributed by atoms with Crippen molar-refractivity contribution in [1.29, 1.82) is 0 Å². The van der Waals surface area contributed by atoms with Crippen LogP contribution in [0.4, 0.5) is 0 Å². The summed E-state index contributed by atoms with van der Waals surface area (Å²) in [5, 5.41) is 21.8. The highest BCUT2D eigenvalue weighted by molar-refractivity contribution is 6.43. The average Bonchev–Trinajstić information content (AvgIpc) is 2.65. The van der Waals surface area contributed by atoms with Gasteiger partial charge in [0, 0.05) is 18.8 Å². The highest BCUT2D eigenvalue weighted by Crippen LogP contribution is 2.11. The predicted molar refractivity (Wildman–Crippen MR) is 102 cm³/mol. The zero-order valence-corrected chi connectivity index (χ0v) is 15.7. The summed E-state index contributed by atoms with van der Waals surface area (Å²) in [5.41, 5.74) is 1.56. The zero-order chi connectivity index (χ0) is 19.6. The fraction of sp³-hybridized carbons (Fsp3) is 0.421. The Morgan fingerprint density at radius 3 is 2.56 bits per heavy atom. The standard InChI is InChI=1S/C19H26BN3O4/c1-14(2)10-18(20(25)26)23-19(24)17(11-15-6-4-3-5-7-15)27-13-16-12-21-8-9-22-16/h3-9,12,14,17-18,25-26H,10-11,13H2,1-2H3,(H,23,24)/t17-,18-/m0/s1. The lowest BCUT2D eigenvalue weighted by Gasteiger charge is -2.23. The summed E-state index contributed by atoms with van der Waals surface area (Å²) in [7, 11) is -1.63. The molecule has 1 aromatic heterocycles. The fourth-order valence-electron chi connectivity index (χ4n) is 2.68. The molecule has 8 heteroatoms. The first kappa shape index (κ1) is 21.0. The van der Waals surface area contributed by atoms with Crippen LogP contribution in [0.1, 0.15) is 31.5 Å². The summed E-state index contributed by atoms with van der Waals surface area (Å²) < 4.78 is 5.80. The van der Waals surface area contributed by atoms with Crippen LogP contribution >= 0.6 is 0 Å². The number of ether oxygens (including phenoxy) is 1. The van der Waals surface area contributed by atoms with Gasteiger partial charge in [-0.2, -0.15) is 0 Å². The molecule has 1 aromatic carbocycles. The molecule has 3 N–H and O–H groups in total. The Morgan fingerprint density at radius 1 is 1.22 bits per heavy atom. The second-order valence-electron chi connectivity index (χ2n) is 6.84. The Morgan fingerprint density at radius 2 is 1.96 bits per heavy atom. The molecule has 0 unspecified atom stereocenters. The second-order valence-corrected chi connectivity index (χ2v) is 6.84. The van der Waals surface area contributed by atoms with Gasteiger partial charge in [-0.3, -0.25) is 14.8 Å². The van der Waals surface area contributed by atoms with Gasteiger partial charge in [0.25, 0.3) is 0 Å². The van der Waals surface area contributed by atoms with Crippen LogP contribution in [-0.2, 0) is 22.6 Å². The Kier molecular flexibility index (Phi) is 8.38. The minimum atomic E-state index is -1.63. The van der Waals surface area contributed by atoms with Crippen LogP contribution in [0, 0.1) is 5.92 Å². The van der Waals surface area contributed by atoms with Gasteiger partial charge in [0.1, 0.15) is 6.10 Å². The number of amides is 1. The Labute approximate surface area is 160 Å². The molecule has 0 aliphatic carbocycles. The molecule has 0 saturated heterocycles. The molecule has 2 aromatic rings. The van der Waals surface area contributed by atoms with Crippen LogP contribution in [0.2, 0.25) is 0 Å². The number of rotatable bonds is 10. The lowest BCUT2D eigenvalue weighted by molar-refractivity contribution is -0.134. The maximum absolute atomic E-state index is 12.8. The van der Waals surface area contributed by atoms with Gasteiger partial charge in [-0.25, -0.2) is 0 Å². The van der Waals surface area contributed by atoms with Crippen molar-refractivity contribution in [3.8, 4) is 0 Å². The summed E-state index contributed by atoms with van der Waals surface area (Å²) in [5.74, 6) is -0.942. The third kappa shape index (κ3) is 7.46. The van der Waals surface area contributed by atoms with E-state index in [9.17, 15) is 14.8 Å². The van der Waals surface area contributed by atoms with Crippen molar-refractivity contribution in [2.24, 2.45) is 5.92 Å². The molecule has 0 saturated carbocycles. The third-order valence-corrected chi connectivity index (χ3v) is 4.02. The zero-order valence-electron chi connectivity index (χ0n) is 15.7. The molecule has 0 fully saturated rings. The summed E-state index contributed by atoms with van der Waals surface area (Å²) in [6, 6.07) is 9.52. The molecule has 0 aliphatic heterocycles. The van der Waals surface area contributed by atoms with E-state index in [1.165, 1.54) is 0 Å². The molecule has 0 radical (unpaired) electrons. The summed E-state index contributed by atoms with van der Waals surface area (Å²) >= 11 is 0. The first-order valence-corrected chi connectivity index (χ1v) is 9.02. The molecule has 1 heterocycles. The average molecular weight is 371 g/mol. The number of hydrogen-bond acceptors (Lipinski definition) is 6. The van der Waals surface area contributed by atoms with Gasteiger partial charge in [0.2, 0.25) is 5.91 Å². The molecular formula is C19H26BN3O4. The topological polar surface area (TPSA) is 105 Å². The number of hydrogen-bond donors (Lipinski definition) is 3. The minimum Gasteiger partial charge on any atom is -0.426 e. The second kappa shape index (κ2) is 10.8. The van der Waals surface area contributed by atoms with Crippen LogP contribution in [0.3, 0.4) is 0 Å². The molecule has 27 heavy (non-hydrogen) atoms. The molecular weight excluding hydrogens is 345 g/mol. The lowest BCUT2D eigenvalue weighted by Crippen LogP contribution is -2.51. The van der Waals surface area contributed by atoms with E-state index in [4.69, 9.17) is 4.74 Å². The Bertz CT molecular complexity index is 686. The number of nitrogens with one attached hydrogen (secondary N) is 1. The van der Waals surface area contributed by atoms with Gasteiger partial charge in [-0.05, 0) is 17.9 Å². The number of carbonyl (C=O) groups excluding carboxylic acids is 1. The van der Waals surface area contributed by atoms with Crippen molar-refractivity contribution in [3.05, 3.63) is 60.2 Å². The third-order valence-electron chi connectivity index (χ3n) is 4.02. The number of nitrogens with zero attached hydrogens (tertiary/aromatic N) is 2. The molecule has 0 bridgehead atoms. The minimum absolute atomic E-state index is 0.134. The van der Waals surface area contributed by atoms with E-state index in [1.54, 1.807) is 18.6 Å². The SMILES string of the molecule is CC(C)C[C@H](NC(=O)[C@H](Cc1ccccc1)OCc1cnccn1)B(O)O. The fourth-order valence-corrected chi connectivity index (χ4v) is 2.68. The van der Waals surface area contributed by atoms with E-state index in [0.29, 0.717) is 18.5 Å². The van der Waals surface area contributed by atoms with Gasteiger partial charge < -0.3 is 20.1 Å². The highest BCUT2D eigenvalue weighted by Gasteiger charge is 2.29. The summed E-state index contributed by atoms with van der Waals surface area (Å²) in [6.07, 6.45) is 4.73. The normalized spacial score (nSPS) is 13.2. The maximum Gasteiger partial charge on any atom is 0.475 e. The number of benzene rings is 1. The molecule has 0 aliphatic rings. The monoisotopic (exact) mass is 371 g/mol. The van der Waals surface area contributed by atoms with Crippen molar-refractivity contribution in [3.63, 3.8) is 0 Å². The van der Waals surface area contributed by atoms with Crippen molar-refractivity contribution in [1.82, 2.24) is 15.3 Å². The van der Waals surface area contributed by atoms with Crippen LogP contribution in [-0.4, -0.2) is 45.1 Å². The van der Waals surface area contributed by atoms with Crippen LogP contribution in [0.15, 0.2) is 48.9 Å². The van der Waals surface area contributed by atoms with Gasteiger partial charge in [-0.1, -0.05) is 44.2 Å². The van der Waals surface area contributed by atoms with E-state index in [2.05, 4.69) is 15.3 Å². The van der Waals surface area contributed by atoms with E-state index in [-0.39, 0.29) is 18.4 Å². The van der Waals surface area contributed by atoms with E-state index in [0.717, 1.165) is 5.56 Å². The van der Waals surface area contributed by atoms with Crippen LogP contribution < -0.4 is 5.32 Å². The van der Waals surface area contributed by atoms with E-state index in [1.807, 2.05) is 44.2 Å². The van der Waals surface area contributed by atoms with Crippen LogP contribution in [0.25, 0.3) is 0 Å². The van der Waals surface area contributed by atoms with Gasteiger partial charge in [-0.15, -0.1) is 0 Å². The summed E-state index contributed by atoms with van der Waals surface area (Å²) in [6.45, 7) is 4.04. The Balaban J connectivity index is 2.08. The highest BCUT2D eigenvalue weighted by atomic mass is 16.5. The smallest absolute Gasteiger partial charge is 0.426 e. The first-order valence-electron chi connectivity index (χ1n) is 9.02. The van der Waals surface area contributed by atoms with Gasteiger partial charge >= 0.3 is 7.12 Å². The molecule has 0 spiro atoms. The van der Waals surface area contributed by atoms with Crippen molar-refractivity contribution < 1.29 is 19.6 Å². The Hall–Kier alpha value is -2.29. The predicted octanol–water partition coefficient (Wildman–Crippen LogP) is 1.15. The van der Waals surface area contributed by atoms with Crippen molar-refractivity contribution >= 4 is 13.0 Å². The molecule has 1 amide bonds. The number of aromatic nitrogens is 2. The number of carbonyl (C=O) groups is 1. The molecule has 2 atom stereocenters. The van der Waals surface area contributed by atoms with E-state index >= 15 is 0 Å². The van der Waals surface area contributed by atoms with Gasteiger partial charge in [0.15, 0.2) is 0 Å². The van der Waals surface area contributed by atoms with Crippen molar-refractivity contribution in [2.75, 3.05) is 0 Å². The van der Waals surface area contributed by atoms with Crippen LogP contribution in [0.5, 0.6) is 0 Å².